The molecule has 26 heavy (non-hydrogen) atoms. The van der Waals surface area contributed by atoms with Gasteiger partial charge in [0.15, 0.2) is 0 Å². The summed E-state index contributed by atoms with van der Waals surface area (Å²) >= 11 is 5.84. The van der Waals surface area contributed by atoms with Crippen LogP contribution >= 0.6 is 11.6 Å². The van der Waals surface area contributed by atoms with E-state index in [0.29, 0.717) is 11.1 Å². The van der Waals surface area contributed by atoms with Crippen LogP contribution in [0.1, 0.15) is 10.5 Å². The van der Waals surface area contributed by atoms with Crippen LogP contribution in [0, 0.1) is 11.6 Å². The van der Waals surface area contributed by atoms with Gasteiger partial charge in [0.25, 0.3) is 5.91 Å². The molecule has 0 radical (unpaired) electrons. The van der Waals surface area contributed by atoms with Gasteiger partial charge in [-0.3, -0.25) is 9.78 Å². The second-order valence-electron chi connectivity index (χ2n) is 5.63. The third-order valence-electron chi connectivity index (χ3n) is 3.98. The van der Waals surface area contributed by atoms with E-state index in [-0.39, 0.29) is 37.8 Å². The number of amides is 1. The lowest BCUT2D eigenvalue weighted by atomic mass is 10.3. The first kappa shape index (κ1) is 18.7. The van der Waals surface area contributed by atoms with Crippen molar-refractivity contribution in [3.05, 3.63) is 58.9 Å². The first-order valence-electron chi connectivity index (χ1n) is 7.65. The average molecular weight is 402 g/mol. The van der Waals surface area contributed by atoms with Crippen molar-refractivity contribution >= 4 is 27.5 Å². The Balaban J connectivity index is 1.72. The van der Waals surface area contributed by atoms with E-state index in [1.165, 1.54) is 17.2 Å². The summed E-state index contributed by atoms with van der Waals surface area (Å²) in [6.45, 7) is 0.223. The number of rotatable bonds is 3. The lowest BCUT2D eigenvalue weighted by Crippen LogP contribution is -2.50. The van der Waals surface area contributed by atoms with Crippen LogP contribution in [0.25, 0.3) is 0 Å². The lowest BCUT2D eigenvalue weighted by Gasteiger charge is -2.33. The smallest absolute Gasteiger partial charge is 0.272 e. The Morgan fingerprint density at radius 1 is 1.08 bits per heavy atom. The first-order chi connectivity index (χ1) is 12.3. The minimum absolute atomic E-state index is 0.00848. The number of halogens is 3. The third-order valence-corrected chi connectivity index (χ3v) is 6.15. The number of piperazine rings is 1. The molecule has 1 aromatic heterocycles. The van der Waals surface area contributed by atoms with E-state index in [0.717, 1.165) is 16.4 Å². The van der Waals surface area contributed by atoms with Crippen LogP contribution in [-0.4, -0.2) is 54.7 Å². The molecule has 0 saturated carbocycles. The molecule has 1 saturated heterocycles. The number of benzene rings is 1. The highest BCUT2D eigenvalue weighted by Crippen LogP contribution is 2.22. The van der Waals surface area contributed by atoms with E-state index in [4.69, 9.17) is 11.6 Å². The van der Waals surface area contributed by atoms with Crippen molar-refractivity contribution in [2.24, 2.45) is 0 Å². The Morgan fingerprint density at radius 2 is 1.77 bits per heavy atom. The maximum Gasteiger partial charge on any atom is 0.272 e. The molecule has 2 aromatic rings. The lowest BCUT2D eigenvalue weighted by molar-refractivity contribution is 0.0692. The fourth-order valence-electron chi connectivity index (χ4n) is 2.64. The Labute approximate surface area is 154 Å². The molecule has 0 unspecified atom stereocenters. The molecule has 1 fully saturated rings. The van der Waals surface area contributed by atoms with Crippen molar-refractivity contribution in [1.29, 1.82) is 0 Å². The van der Waals surface area contributed by atoms with Crippen LogP contribution < -0.4 is 0 Å². The van der Waals surface area contributed by atoms with Gasteiger partial charge >= 0.3 is 0 Å². The van der Waals surface area contributed by atoms with Gasteiger partial charge in [-0.25, -0.2) is 17.2 Å². The largest absolute Gasteiger partial charge is 0.335 e. The number of carbonyl (C=O) groups excluding carboxylic acids is 1. The summed E-state index contributed by atoms with van der Waals surface area (Å²) in [5.74, 6) is -2.37. The summed E-state index contributed by atoms with van der Waals surface area (Å²) in [5.41, 5.74) is 0.165. The van der Waals surface area contributed by atoms with Crippen LogP contribution in [0.2, 0.25) is 5.02 Å². The van der Waals surface area contributed by atoms with Gasteiger partial charge in [0.05, 0.1) is 0 Å². The molecular weight excluding hydrogens is 388 g/mol. The number of nitrogens with zero attached hydrogens (tertiary/aromatic N) is 3. The maximum atomic E-state index is 13.8. The SMILES string of the molecule is O=C(c1cc(Cl)ccn1)N1CCN(S(=O)(=O)c2ccc(F)cc2F)CC1. The molecule has 1 aliphatic rings. The summed E-state index contributed by atoms with van der Waals surface area (Å²) in [5, 5.41) is 0.372. The topological polar surface area (TPSA) is 70.6 Å². The Hall–Kier alpha value is -2.10. The average Bonchev–Trinajstić information content (AvgIpc) is 2.61. The van der Waals surface area contributed by atoms with Gasteiger partial charge in [-0.1, -0.05) is 11.6 Å². The molecule has 0 atom stereocenters. The zero-order chi connectivity index (χ0) is 18.9. The number of hydrogen-bond donors (Lipinski definition) is 0. The molecule has 2 heterocycles. The zero-order valence-electron chi connectivity index (χ0n) is 13.4. The summed E-state index contributed by atoms with van der Waals surface area (Å²) < 4.78 is 53.0. The molecule has 1 aliphatic heterocycles. The minimum atomic E-state index is -4.11. The molecular formula is C16H14ClF2N3O3S. The summed E-state index contributed by atoms with van der Waals surface area (Å²) in [6, 6.07) is 5.28. The number of carbonyl (C=O) groups is 1. The van der Waals surface area contributed by atoms with Crippen molar-refractivity contribution in [3.63, 3.8) is 0 Å². The van der Waals surface area contributed by atoms with Crippen LogP contribution in [0.15, 0.2) is 41.4 Å². The van der Waals surface area contributed by atoms with Crippen LogP contribution in [-0.2, 0) is 10.0 Å². The maximum absolute atomic E-state index is 13.8. The van der Waals surface area contributed by atoms with Gasteiger partial charge in [0.1, 0.15) is 22.2 Å². The molecule has 138 valence electrons. The van der Waals surface area contributed by atoms with E-state index in [9.17, 15) is 22.0 Å². The number of hydrogen-bond acceptors (Lipinski definition) is 4. The highest BCUT2D eigenvalue weighted by atomic mass is 35.5. The van der Waals surface area contributed by atoms with Crippen LogP contribution in [0.3, 0.4) is 0 Å². The molecule has 1 aromatic carbocycles. The van der Waals surface area contributed by atoms with Gasteiger partial charge in [0.2, 0.25) is 10.0 Å². The molecule has 0 bridgehead atoms. The molecule has 10 heteroatoms. The number of aromatic nitrogens is 1. The van der Waals surface area contributed by atoms with E-state index in [1.807, 2.05) is 0 Å². The van der Waals surface area contributed by atoms with Crippen molar-refractivity contribution in [3.8, 4) is 0 Å². The first-order valence-corrected chi connectivity index (χ1v) is 9.47. The van der Waals surface area contributed by atoms with Crippen molar-refractivity contribution in [2.75, 3.05) is 26.2 Å². The fourth-order valence-corrected chi connectivity index (χ4v) is 4.27. The zero-order valence-corrected chi connectivity index (χ0v) is 15.0. The predicted molar refractivity (Wildman–Crippen MR) is 90.3 cm³/mol. The van der Waals surface area contributed by atoms with E-state index >= 15 is 0 Å². The monoisotopic (exact) mass is 401 g/mol. The second-order valence-corrected chi connectivity index (χ2v) is 7.97. The van der Waals surface area contributed by atoms with Crippen molar-refractivity contribution in [1.82, 2.24) is 14.2 Å². The van der Waals surface area contributed by atoms with Gasteiger partial charge in [-0.15, -0.1) is 0 Å². The highest BCUT2D eigenvalue weighted by Gasteiger charge is 2.32. The van der Waals surface area contributed by atoms with Gasteiger partial charge < -0.3 is 4.90 Å². The normalized spacial score (nSPS) is 15.9. The van der Waals surface area contributed by atoms with Gasteiger partial charge in [-0.2, -0.15) is 4.31 Å². The second kappa shape index (κ2) is 7.26. The predicted octanol–water partition coefficient (Wildman–Crippen LogP) is 2.16. The van der Waals surface area contributed by atoms with E-state index in [2.05, 4.69) is 4.98 Å². The Kier molecular flexibility index (Phi) is 5.22. The quantitative estimate of drug-likeness (QED) is 0.790. The van der Waals surface area contributed by atoms with E-state index < -0.39 is 26.6 Å². The molecule has 3 rings (SSSR count). The van der Waals surface area contributed by atoms with Gasteiger partial charge in [0, 0.05) is 43.5 Å². The number of sulfonamides is 1. The molecule has 0 aliphatic carbocycles. The fraction of sp³-hybridized carbons (Fsp3) is 0.250. The van der Waals surface area contributed by atoms with E-state index in [1.54, 1.807) is 6.07 Å². The van der Waals surface area contributed by atoms with Crippen LogP contribution in [0.4, 0.5) is 8.78 Å². The minimum Gasteiger partial charge on any atom is -0.335 e. The highest BCUT2D eigenvalue weighted by molar-refractivity contribution is 7.89. The Morgan fingerprint density at radius 3 is 2.38 bits per heavy atom. The molecule has 0 spiro atoms. The molecule has 0 N–H and O–H groups in total. The van der Waals surface area contributed by atoms with Crippen molar-refractivity contribution < 1.29 is 22.0 Å². The summed E-state index contributed by atoms with van der Waals surface area (Å²) in [6.07, 6.45) is 1.41. The third kappa shape index (κ3) is 3.69. The van der Waals surface area contributed by atoms with Crippen molar-refractivity contribution in [2.45, 2.75) is 4.90 Å². The number of pyridine rings is 1. The van der Waals surface area contributed by atoms with Crippen LogP contribution in [0.5, 0.6) is 0 Å². The Bertz CT molecular complexity index is 948. The summed E-state index contributed by atoms with van der Waals surface area (Å²) in [7, 11) is -4.11. The summed E-state index contributed by atoms with van der Waals surface area (Å²) in [4.78, 5) is 17.2. The molecule has 6 nitrogen and oxygen atoms in total. The van der Waals surface area contributed by atoms with Gasteiger partial charge in [-0.05, 0) is 24.3 Å². The molecule has 1 amide bonds. The standard InChI is InChI=1S/C16H14ClF2N3O3S/c17-11-3-4-20-14(9-11)16(23)21-5-7-22(8-6-21)26(24,25)15-2-1-12(18)10-13(15)19/h1-4,9-10H,5-8H2.